The Balaban J connectivity index is 2.59. The van der Waals surface area contributed by atoms with Crippen LogP contribution in [-0.4, -0.2) is 50.7 Å². The van der Waals surface area contributed by atoms with Crippen LogP contribution in [0.25, 0.3) is 0 Å². The summed E-state index contributed by atoms with van der Waals surface area (Å²) in [5.41, 5.74) is 2.09. The minimum absolute atomic E-state index is 0.107. The molecule has 1 atom stereocenters. The first kappa shape index (κ1) is 12.2. The number of likely N-dealkylation sites (N-methyl/N-ethyl adjacent to an activating group) is 1. The van der Waals surface area contributed by atoms with E-state index in [2.05, 4.69) is 5.32 Å². The van der Waals surface area contributed by atoms with Crippen LogP contribution in [-0.2, 0) is 9.53 Å². The molecule has 1 saturated heterocycles. The smallest absolute Gasteiger partial charge is 0.249 e. The molecule has 1 N–H and O–H groups in total. The molecule has 0 bridgehead atoms. The molecule has 1 amide bonds. The topological polar surface area (TPSA) is 41.6 Å². The third-order valence-electron chi connectivity index (χ3n) is 2.92. The van der Waals surface area contributed by atoms with Gasteiger partial charge < -0.3 is 15.0 Å². The summed E-state index contributed by atoms with van der Waals surface area (Å²) in [5, 5.41) is 3.14. The van der Waals surface area contributed by atoms with Crippen molar-refractivity contribution >= 4 is 5.91 Å². The van der Waals surface area contributed by atoms with Crippen molar-refractivity contribution in [3.05, 3.63) is 11.1 Å². The van der Waals surface area contributed by atoms with Crippen LogP contribution in [0.1, 0.15) is 13.8 Å². The lowest BCUT2D eigenvalue weighted by atomic mass is 10.0. The van der Waals surface area contributed by atoms with Crippen LogP contribution in [0.5, 0.6) is 0 Å². The van der Waals surface area contributed by atoms with Gasteiger partial charge in [-0.3, -0.25) is 4.79 Å². The van der Waals surface area contributed by atoms with Crippen molar-refractivity contribution in [2.24, 2.45) is 0 Å². The minimum atomic E-state index is 0.107. The van der Waals surface area contributed by atoms with Crippen molar-refractivity contribution in [1.82, 2.24) is 10.2 Å². The Morgan fingerprint density at radius 3 is 2.60 bits per heavy atom. The zero-order valence-corrected chi connectivity index (χ0v) is 9.96. The predicted octanol–water partition coefficient (Wildman–Crippen LogP) is 0.399. The van der Waals surface area contributed by atoms with Gasteiger partial charge in [-0.05, 0) is 19.4 Å². The van der Waals surface area contributed by atoms with Gasteiger partial charge in [-0.1, -0.05) is 0 Å². The Morgan fingerprint density at radius 1 is 1.60 bits per heavy atom. The van der Waals surface area contributed by atoms with Crippen LogP contribution in [0.3, 0.4) is 0 Å². The number of ether oxygens (including phenoxy) is 1. The number of carbonyl (C=O) groups is 1. The summed E-state index contributed by atoms with van der Waals surface area (Å²) in [6.45, 7) is 6.16. The van der Waals surface area contributed by atoms with Gasteiger partial charge in [0.15, 0.2) is 0 Å². The highest BCUT2D eigenvalue weighted by Crippen LogP contribution is 2.12. The van der Waals surface area contributed by atoms with Crippen molar-refractivity contribution in [2.45, 2.75) is 19.9 Å². The predicted molar refractivity (Wildman–Crippen MR) is 59.7 cm³/mol. The molecule has 0 aromatic rings. The number of hydrogen-bond donors (Lipinski definition) is 1. The van der Waals surface area contributed by atoms with Gasteiger partial charge in [0.1, 0.15) is 0 Å². The van der Waals surface area contributed by atoms with Crippen molar-refractivity contribution in [3.8, 4) is 0 Å². The van der Waals surface area contributed by atoms with Gasteiger partial charge in [0, 0.05) is 32.8 Å². The minimum Gasteiger partial charge on any atom is -0.383 e. The molecular weight excluding hydrogens is 192 g/mol. The molecule has 4 heteroatoms. The lowest BCUT2D eigenvalue weighted by Gasteiger charge is -2.28. The van der Waals surface area contributed by atoms with Crippen LogP contribution >= 0.6 is 0 Å². The van der Waals surface area contributed by atoms with Crippen LogP contribution in [0, 0.1) is 0 Å². The van der Waals surface area contributed by atoms with Crippen molar-refractivity contribution in [1.29, 1.82) is 0 Å². The molecule has 0 spiro atoms. The summed E-state index contributed by atoms with van der Waals surface area (Å²) in [4.78, 5) is 13.7. The molecule has 86 valence electrons. The Bertz CT molecular complexity index is 268. The molecule has 1 aliphatic heterocycles. The zero-order chi connectivity index (χ0) is 11.4. The summed E-state index contributed by atoms with van der Waals surface area (Å²) in [7, 11) is 3.47. The lowest BCUT2D eigenvalue weighted by molar-refractivity contribution is -0.128. The lowest BCUT2D eigenvalue weighted by Crippen LogP contribution is -2.41. The normalized spacial score (nSPS) is 16.9. The van der Waals surface area contributed by atoms with Crippen molar-refractivity contribution < 1.29 is 9.53 Å². The fraction of sp³-hybridized carbons (Fsp3) is 0.727. The molecule has 1 fully saturated rings. The molecule has 0 radical (unpaired) electrons. The molecule has 1 rings (SSSR count). The fourth-order valence-electron chi connectivity index (χ4n) is 1.48. The van der Waals surface area contributed by atoms with E-state index in [1.165, 1.54) is 5.57 Å². The molecule has 0 aromatic carbocycles. The van der Waals surface area contributed by atoms with Gasteiger partial charge >= 0.3 is 0 Å². The second-order valence-corrected chi connectivity index (χ2v) is 4.05. The van der Waals surface area contributed by atoms with E-state index in [0.717, 1.165) is 18.7 Å². The van der Waals surface area contributed by atoms with Gasteiger partial charge in [0.2, 0.25) is 5.91 Å². The molecule has 0 aliphatic carbocycles. The standard InChI is InChI=1S/C11H20N2O2/c1-8(7-15-4)13(3)11(14)9(2)10-5-12-6-10/h8,12H,5-7H2,1-4H3. The quantitative estimate of drug-likeness (QED) is 0.686. The molecule has 1 aliphatic rings. The van der Waals surface area contributed by atoms with E-state index in [1.807, 2.05) is 20.9 Å². The van der Waals surface area contributed by atoms with E-state index >= 15 is 0 Å². The largest absolute Gasteiger partial charge is 0.383 e. The zero-order valence-electron chi connectivity index (χ0n) is 9.96. The summed E-state index contributed by atoms with van der Waals surface area (Å²) < 4.78 is 5.03. The van der Waals surface area contributed by atoms with Gasteiger partial charge in [-0.2, -0.15) is 0 Å². The third kappa shape index (κ3) is 2.79. The average molecular weight is 212 g/mol. The van der Waals surface area contributed by atoms with E-state index in [-0.39, 0.29) is 11.9 Å². The van der Waals surface area contributed by atoms with Crippen LogP contribution in [0.15, 0.2) is 11.1 Å². The molecule has 1 unspecified atom stereocenters. The summed E-state index contributed by atoms with van der Waals surface area (Å²) in [5.74, 6) is 0.107. The molecule has 4 nitrogen and oxygen atoms in total. The number of nitrogens with one attached hydrogen (secondary N) is 1. The third-order valence-corrected chi connectivity index (χ3v) is 2.92. The summed E-state index contributed by atoms with van der Waals surface area (Å²) >= 11 is 0. The van der Waals surface area contributed by atoms with E-state index < -0.39 is 0 Å². The number of amides is 1. The highest BCUT2D eigenvalue weighted by Gasteiger charge is 2.21. The first-order valence-corrected chi connectivity index (χ1v) is 5.23. The molecule has 0 saturated carbocycles. The number of nitrogens with zero attached hydrogens (tertiary/aromatic N) is 1. The van der Waals surface area contributed by atoms with Gasteiger partial charge in [0.05, 0.1) is 12.6 Å². The maximum absolute atomic E-state index is 12.0. The van der Waals surface area contributed by atoms with Crippen LogP contribution < -0.4 is 5.32 Å². The number of carbonyl (C=O) groups excluding carboxylic acids is 1. The average Bonchev–Trinajstić information content (AvgIpc) is 2.13. The Kier molecular flexibility index (Phi) is 4.29. The van der Waals surface area contributed by atoms with Crippen molar-refractivity contribution in [3.63, 3.8) is 0 Å². The summed E-state index contributed by atoms with van der Waals surface area (Å²) in [6, 6.07) is 0.117. The highest BCUT2D eigenvalue weighted by molar-refractivity contribution is 5.94. The van der Waals surface area contributed by atoms with Gasteiger partial charge in [-0.15, -0.1) is 0 Å². The van der Waals surface area contributed by atoms with E-state index in [1.54, 1.807) is 12.0 Å². The van der Waals surface area contributed by atoms with E-state index in [9.17, 15) is 4.79 Å². The molecule has 1 heterocycles. The number of methoxy groups -OCH3 is 1. The molecule has 15 heavy (non-hydrogen) atoms. The fourth-order valence-corrected chi connectivity index (χ4v) is 1.48. The van der Waals surface area contributed by atoms with Crippen LogP contribution in [0.4, 0.5) is 0 Å². The maximum Gasteiger partial charge on any atom is 0.249 e. The Morgan fingerprint density at radius 2 is 2.20 bits per heavy atom. The van der Waals surface area contributed by atoms with Gasteiger partial charge in [0.25, 0.3) is 0 Å². The first-order chi connectivity index (χ1) is 7.07. The molecular formula is C11H20N2O2. The van der Waals surface area contributed by atoms with Gasteiger partial charge in [-0.25, -0.2) is 0 Å². The Labute approximate surface area is 91.3 Å². The molecule has 0 aromatic heterocycles. The first-order valence-electron chi connectivity index (χ1n) is 5.23. The number of hydrogen-bond acceptors (Lipinski definition) is 3. The highest BCUT2D eigenvalue weighted by atomic mass is 16.5. The van der Waals surface area contributed by atoms with Crippen molar-refractivity contribution in [2.75, 3.05) is 33.9 Å². The SMILES string of the molecule is COCC(C)N(C)C(=O)C(C)=C1CNC1. The van der Waals surface area contributed by atoms with Crippen LogP contribution in [0.2, 0.25) is 0 Å². The van der Waals surface area contributed by atoms with E-state index in [4.69, 9.17) is 4.74 Å². The Hall–Kier alpha value is -0.870. The monoisotopic (exact) mass is 212 g/mol. The van der Waals surface area contributed by atoms with E-state index in [0.29, 0.717) is 6.61 Å². The second kappa shape index (κ2) is 5.28. The number of rotatable bonds is 4. The maximum atomic E-state index is 12.0. The second-order valence-electron chi connectivity index (χ2n) is 4.05. The summed E-state index contributed by atoms with van der Waals surface area (Å²) in [6.07, 6.45) is 0.